The second-order valence-corrected chi connectivity index (χ2v) is 16.2. The van der Waals surface area contributed by atoms with Gasteiger partial charge in [-0.25, -0.2) is 0 Å². The Balaban J connectivity index is 1.18. The Morgan fingerprint density at radius 3 is 1.47 bits per heavy atom. The van der Waals surface area contributed by atoms with Gasteiger partial charge in [0.15, 0.2) is 0 Å². The Morgan fingerprint density at radius 1 is 0.400 bits per heavy atom. The predicted octanol–water partition coefficient (Wildman–Crippen LogP) is 16.2. The Hall–Kier alpha value is -6.28. The molecule has 0 bridgehead atoms. The first-order chi connectivity index (χ1) is 27.2. The highest BCUT2D eigenvalue weighted by atomic mass is 32.1. The zero-order valence-corrected chi connectivity index (χ0v) is 31.8. The van der Waals surface area contributed by atoms with Crippen LogP contribution in [0, 0.1) is 0 Å². The van der Waals surface area contributed by atoms with Crippen molar-refractivity contribution in [2.24, 2.45) is 0 Å². The van der Waals surface area contributed by atoms with Crippen LogP contribution < -0.4 is 0 Å². The highest BCUT2D eigenvalue weighted by molar-refractivity contribution is 7.26. The molecule has 1 aliphatic rings. The number of allylic oxidation sites excluding steroid dienone is 4. The van der Waals surface area contributed by atoms with E-state index in [0.717, 1.165) is 12.8 Å². The number of hydrogen-bond donors (Lipinski definition) is 0. The Bertz CT molecular complexity index is 3150. The normalized spacial score (nSPS) is 13.5. The summed E-state index contributed by atoms with van der Waals surface area (Å²) in [5.41, 5.74) is 13.4. The van der Waals surface area contributed by atoms with Gasteiger partial charge in [-0.3, -0.25) is 0 Å². The van der Waals surface area contributed by atoms with Crippen molar-refractivity contribution >= 4 is 80.2 Å². The zero-order valence-electron chi connectivity index (χ0n) is 31.0. The van der Waals surface area contributed by atoms with E-state index >= 15 is 0 Å². The third kappa shape index (κ3) is 4.90. The fourth-order valence-corrected chi connectivity index (χ4v) is 10.9. The van der Waals surface area contributed by atoms with Gasteiger partial charge in [-0.05, 0) is 132 Å². The maximum Gasteiger partial charge on any atom is 0.0361 e. The average molecular weight is 719 g/mol. The molecule has 0 radical (unpaired) electrons. The van der Waals surface area contributed by atoms with Crippen molar-refractivity contribution in [3.63, 3.8) is 0 Å². The van der Waals surface area contributed by atoms with Gasteiger partial charge < -0.3 is 0 Å². The molecule has 1 heterocycles. The SMILES string of the molecule is CC1=CCCC(C)=C1c1c2ccccc2c(-c2cccc3sc4cc(-c5c6ccccc6c(-c6ccccc6)c6ccccc56)ccc4c23)c2ccccc12. The summed E-state index contributed by atoms with van der Waals surface area (Å²) in [7, 11) is 0. The molecular formula is C54H38S. The number of hydrogen-bond acceptors (Lipinski definition) is 1. The van der Waals surface area contributed by atoms with Crippen molar-refractivity contribution < 1.29 is 0 Å². The molecule has 1 aliphatic carbocycles. The van der Waals surface area contributed by atoms with Crippen LogP contribution in [0.3, 0.4) is 0 Å². The maximum atomic E-state index is 2.45. The molecule has 0 atom stereocenters. The molecule has 1 heteroatoms. The molecule has 260 valence electrons. The first-order valence-electron chi connectivity index (χ1n) is 19.4. The molecule has 1 aromatic heterocycles. The number of benzene rings is 9. The van der Waals surface area contributed by atoms with Gasteiger partial charge in [0.25, 0.3) is 0 Å². The van der Waals surface area contributed by atoms with E-state index in [0.29, 0.717) is 0 Å². The third-order valence-electron chi connectivity index (χ3n) is 12.0. The lowest BCUT2D eigenvalue weighted by Gasteiger charge is -2.24. The van der Waals surface area contributed by atoms with Gasteiger partial charge in [0, 0.05) is 20.2 Å². The van der Waals surface area contributed by atoms with E-state index in [1.165, 1.54) is 119 Å². The molecule has 9 aromatic carbocycles. The van der Waals surface area contributed by atoms with Gasteiger partial charge in [-0.15, -0.1) is 11.3 Å². The Morgan fingerprint density at radius 2 is 0.909 bits per heavy atom. The van der Waals surface area contributed by atoms with Crippen molar-refractivity contribution in [1.29, 1.82) is 0 Å². The summed E-state index contributed by atoms with van der Waals surface area (Å²) in [4.78, 5) is 0. The molecule has 0 fully saturated rings. The van der Waals surface area contributed by atoms with Crippen molar-refractivity contribution in [3.8, 4) is 33.4 Å². The van der Waals surface area contributed by atoms with Crippen LogP contribution in [-0.2, 0) is 0 Å². The Labute approximate surface area is 325 Å². The summed E-state index contributed by atoms with van der Waals surface area (Å²) in [5.74, 6) is 0. The summed E-state index contributed by atoms with van der Waals surface area (Å²) < 4.78 is 2.63. The minimum atomic E-state index is 1.11. The van der Waals surface area contributed by atoms with Gasteiger partial charge in [-0.1, -0.05) is 163 Å². The molecule has 55 heavy (non-hydrogen) atoms. The average Bonchev–Trinajstić information content (AvgIpc) is 3.61. The molecule has 0 aliphatic heterocycles. The molecule has 11 rings (SSSR count). The van der Waals surface area contributed by atoms with Crippen LogP contribution in [-0.4, -0.2) is 0 Å². The molecule has 0 saturated heterocycles. The largest absolute Gasteiger partial charge is 0.135 e. The van der Waals surface area contributed by atoms with Crippen LogP contribution >= 0.6 is 11.3 Å². The minimum Gasteiger partial charge on any atom is -0.135 e. The van der Waals surface area contributed by atoms with E-state index in [4.69, 9.17) is 0 Å². The highest BCUT2D eigenvalue weighted by Crippen LogP contribution is 2.50. The van der Waals surface area contributed by atoms with Crippen molar-refractivity contribution in [2.75, 3.05) is 0 Å². The van der Waals surface area contributed by atoms with Gasteiger partial charge in [0.05, 0.1) is 0 Å². The van der Waals surface area contributed by atoms with E-state index in [9.17, 15) is 0 Å². The first kappa shape index (κ1) is 32.2. The lowest BCUT2D eigenvalue weighted by atomic mass is 9.80. The van der Waals surface area contributed by atoms with Crippen LogP contribution in [0.15, 0.2) is 181 Å². The van der Waals surface area contributed by atoms with E-state index in [1.807, 2.05) is 11.3 Å². The summed E-state index contributed by atoms with van der Waals surface area (Å²) in [6, 6.07) is 61.2. The number of rotatable bonds is 4. The van der Waals surface area contributed by atoms with Gasteiger partial charge in [-0.2, -0.15) is 0 Å². The first-order valence-corrected chi connectivity index (χ1v) is 20.2. The van der Waals surface area contributed by atoms with Gasteiger partial charge in [0.1, 0.15) is 0 Å². The van der Waals surface area contributed by atoms with Gasteiger partial charge >= 0.3 is 0 Å². The fourth-order valence-electron chi connectivity index (χ4n) is 9.71. The second-order valence-electron chi connectivity index (χ2n) is 15.1. The summed E-state index contributed by atoms with van der Waals surface area (Å²) in [6.45, 7) is 4.63. The third-order valence-corrected chi connectivity index (χ3v) is 13.1. The molecule has 10 aromatic rings. The molecule has 0 unspecified atom stereocenters. The molecular weight excluding hydrogens is 681 g/mol. The minimum absolute atomic E-state index is 1.11. The van der Waals surface area contributed by atoms with Crippen LogP contribution in [0.5, 0.6) is 0 Å². The van der Waals surface area contributed by atoms with E-state index in [2.05, 4.69) is 184 Å². The van der Waals surface area contributed by atoms with Crippen LogP contribution in [0.1, 0.15) is 32.3 Å². The fraction of sp³-hybridized carbons (Fsp3) is 0.0741. The predicted molar refractivity (Wildman–Crippen MR) is 241 cm³/mol. The van der Waals surface area contributed by atoms with Crippen molar-refractivity contribution in [1.82, 2.24) is 0 Å². The number of fused-ring (bicyclic) bond motifs is 7. The second kappa shape index (κ2) is 12.7. The maximum absolute atomic E-state index is 2.45. The lowest BCUT2D eigenvalue weighted by molar-refractivity contribution is 0.954. The number of thiophene rings is 1. The summed E-state index contributed by atoms with van der Waals surface area (Å²) in [5, 5.41) is 13.1. The standard InChI is InChI=1S/C54H38S/c1-33-16-14-17-34(2)49(33)54-43-26-12-10-24-41(43)52(42-25-11-13-27-44(42)54)46-28-15-29-47-53(46)45-31-30-36(32-48(45)55-47)51-39-22-8-6-20-37(39)50(35-18-4-3-5-19-35)38-21-7-9-23-40(38)51/h3-13,15-16,18-32H,14,17H2,1-2H3. The van der Waals surface area contributed by atoms with Crippen LogP contribution in [0.4, 0.5) is 0 Å². The van der Waals surface area contributed by atoms with Crippen LogP contribution in [0.2, 0.25) is 0 Å². The molecule has 0 saturated carbocycles. The molecule has 0 nitrogen and oxygen atoms in total. The van der Waals surface area contributed by atoms with Crippen LogP contribution in [0.25, 0.3) is 102 Å². The quantitative estimate of drug-likeness (QED) is 0.159. The van der Waals surface area contributed by atoms with E-state index < -0.39 is 0 Å². The van der Waals surface area contributed by atoms with Crippen molar-refractivity contribution in [3.05, 3.63) is 187 Å². The van der Waals surface area contributed by atoms with E-state index in [1.54, 1.807) is 0 Å². The molecule has 0 spiro atoms. The van der Waals surface area contributed by atoms with E-state index in [-0.39, 0.29) is 0 Å². The monoisotopic (exact) mass is 718 g/mol. The lowest BCUT2D eigenvalue weighted by Crippen LogP contribution is -2.00. The molecule has 0 amide bonds. The smallest absolute Gasteiger partial charge is 0.0361 e. The Kier molecular flexibility index (Phi) is 7.40. The summed E-state index contributed by atoms with van der Waals surface area (Å²) >= 11 is 1.91. The van der Waals surface area contributed by atoms with Crippen molar-refractivity contribution in [2.45, 2.75) is 26.7 Å². The molecule has 0 N–H and O–H groups in total. The summed E-state index contributed by atoms with van der Waals surface area (Å²) in [6.07, 6.45) is 4.66. The highest BCUT2D eigenvalue weighted by Gasteiger charge is 2.23. The van der Waals surface area contributed by atoms with Gasteiger partial charge in [0.2, 0.25) is 0 Å². The topological polar surface area (TPSA) is 0 Å². The zero-order chi connectivity index (χ0) is 36.6.